The SMILES string of the molecule is CC(=N)c1cccc(CC(C=O)NC(=O)CN2CCCCC(NS(=O)(=O)Cc3ccccc3)C2=O)c1. The second-order valence-corrected chi connectivity index (χ2v) is 10.8. The van der Waals surface area contributed by atoms with E-state index in [2.05, 4.69) is 10.0 Å². The van der Waals surface area contributed by atoms with Gasteiger partial charge in [0.15, 0.2) is 0 Å². The second kappa shape index (κ2) is 12.5. The second-order valence-electron chi connectivity index (χ2n) is 9.01. The average Bonchev–Trinajstić information content (AvgIpc) is 3.00. The summed E-state index contributed by atoms with van der Waals surface area (Å²) < 4.78 is 27.8. The Morgan fingerprint density at radius 2 is 1.86 bits per heavy atom. The number of aldehydes is 1. The van der Waals surface area contributed by atoms with Gasteiger partial charge in [0.25, 0.3) is 0 Å². The maximum absolute atomic E-state index is 13.1. The van der Waals surface area contributed by atoms with Crippen LogP contribution in [0.1, 0.15) is 42.9 Å². The minimum atomic E-state index is -3.76. The first-order chi connectivity index (χ1) is 17.2. The number of hydrogen-bond acceptors (Lipinski definition) is 6. The number of nitrogens with zero attached hydrogens (tertiary/aromatic N) is 1. The summed E-state index contributed by atoms with van der Waals surface area (Å²) in [6.45, 7) is 1.74. The Labute approximate surface area is 211 Å². The van der Waals surface area contributed by atoms with E-state index < -0.39 is 33.9 Å². The highest BCUT2D eigenvalue weighted by molar-refractivity contribution is 7.88. The molecule has 0 radical (unpaired) electrons. The molecule has 0 aromatic heterocycles. The van der Waals surface area contributed by atoms with E-state index in [4.69, 9.17) is 5.41 Å². The van der Waals surface area contributed by atoms with Crippen LogP contribution < -0.4 is 10.0 Å². The van der Waals surface area contributed by atoms with Crippen molar-refractivity contribution < 1.29 is 22.8 Å². The molecule has 0 spiro atoms. The van der Waals surface area contributed by atoms with Crippen LogP contribution in [-0.2, 0) is 36.6 Å². The van der Waals surface area contributed by atoms with E-state index in [0.29, 0.717) is 43.4 Å². The van der Waals surface area contributed by atoms with Crippen LogP contribution in [0.3, 0.4) is 0 Å². The highest BCUT2D eigenvalue weighted by Crippen LogP contribution is 2.15. The number of carbonyl (C=O) groups is 3. The molecule has 36 heavy (non-hydrogen) atoms. The normalized spacial score (nSPS) is 17.2. The molecule has 192 valence electrons. The van der Waals surface area contributed by atoms with Crippen molar-refractivity contribution in [2.24, 2.45) is 0 Å². The van der Waals surface area contributed by atoms with Gasteiger partial charge in [-0.3, -0.25) is 9.59 Å². The number of amides is 2. The molecule has 10 heteroatoms. The first kappa shape index (κ1) is 27.2. The van der Waals surface area contributed by atoms with Gasteiger partial charge >= 0.3 is 0 Å². The molecule has 2 aromatic rings. The third-order valence-corrected chi connectivity index (χ3v) is 7.32. The van der Waals surface area contributed by atoms with Gasteiger partial charge < -0.3 is 20.4 Å². The number of carbonyl (C=O) groups excluding carboxylic acids is 3. The van der Waals surface area contributed by atoms with Crippen molar-refractivity contribution in [1.82, 2.24) is 14.9 Å². The minimum absolute atomic E-state index is 0.238. The maximum Gasteiger partial charge on any atom is 0.241 e. The maximum atomic E-state index is 13.1. The lowest BCUT2D eigenvalue weighted by atomic mass is 10.0. The molecule has 2 atom stereocenters. The van der Waals surface area contributed by atoms with Crippen LogP contribution in [0.15, 0.2) is 54.6 Å². The van der Waals surface area contributed by atoms with Gasteiger partial charge in [-0.1, -0.05) is 48.5 Å². The van der Waals surface area contributed by atoms with Crippen molar-refractivity contribution in [3.05, 3.63) is 71.3 Å². The molecule has 9 nitrogen and oxygen atoms in total. The largest absolute Gasteiger partial charge is 0.345 e. The molecular formula is C26H32N4O5S. The summed E-state index contributed by atoms with van der Waals surface area (Å²) in [5.41, 5.74) is 2.55. The standard InChI is InChI=1S/C26H32N4O5S/c1-19(27)22-11-7-10-21(14-22)15-23(17-31)28-25(32)16-30-13-6-5-12-24(26(30)33)29-36(34,35)18-20-8-3-2-4-9-20/h2-4,7-11,14,17,23-24,27,29H,5-6,12-13,15-16,18H2,1H3,(H,28,32). The summed E-state index contributed by atoms with van der Waals surface area (Å²) in [6.07, 6.45) is 2.54. The molecule has 0 aliphatic carbocycles. The van der Waals surface area contributed by atoms with E-state index in [-0.39, 0.29) is 18.7 Å². The van der Waals surface area contributed by atoms with Gasteiger partial charge in [0.1, 0.15) is 12.3 Å². The molecule has 1 heterocycles. The van der Waals surface area contributed by atoms with E-state index in [9.17, 15) is 22.8 Å². The van der Waals surface area contributed by atoms with Crippen LogP contribution in [0.5, 0.6) is 0 Å². The quantitative estimate of drug-likeness (QED) is 0.312. The summed E-state index contributed by atoms with van der Waals surface area (Å²) in [5.74, 6) is -1.18. The molecular weight excluding hydrogens is 480 g/mol. The predicted molar refractivity (Wildman–Crippen MR) is 137 cm³/mol. The lowest BCUT2D eigenvalue weighted by Crippen LogP contribution is -2.51. The molecule has 3 N–H and O–H groups in total. The summed E-state index contributed by atoms with van der Waals surface area (Å²) in [7, 11) is -3.76. The smallest absolute Gasteiger partial charge is 0.241 e. The first-order valence-corrected chi connectivity index (χ1v) is 13.5. The van der Waals surface area contributed by atoms with Gasteiger partial charge in [-0.25, -0.2) is 13.1 Å². The molecule has 1 aliphatic rings. The topological polar surface area (TPSA) is 136 Å². The van der Waals surface area contributed by atoms with Crippen molar-refractivity contribution in [2.75, 3.05) is 13.1 Å². The van der Waals surface area contributed by atoms with Crippen LogP contribution in [0.25, 0.3) is 0 Å². The van der Waals surface area contributed by atoms with E-state index in [1.165, 1.54) is 4.90 Å². The highest BCUT2D eigenvalue weighted by atomic mass is 32.2. The van der Waals surface area contributed by atoms with Crippen LogP contribution >= 0.6 is 0 Å². The van der Waals surface area contributed by atoms with Gasteiger partial charge in [0, 0.05) is 12.3 Å². The number of rotatable bonds is 11. The van der Waals surface area contributed by atoms with Gasteiger partial charge in [0.2, 0.25) is 21.8 Å². The third kappa shape index (κ3) is 8.10. The molecule has 2 aromatic carbocycles. The number of hydrogen-bond donors (Lipinski definition) is 3. The zero-order chi connectivity index (χ0) is 26.1. The third-order valence-electron chi connectivity index (χ3n) is 5.96. The molecule has 1 saturated heterocycles. The van der Waals surface area contributed by atoms with Gasteiger partial charge in [-0.05, 0) is 55.4 Å². The zero-order valence-corrected chi connectivity index (χ0v) is 21.1. The fourth-order valence-corrected chi connectivity index (χ4v) is 5.53. The van der Waals surface area contributed by atoms with Crippen LogP contribution in [0.2, 0.25) is 0 Å². The Balaban J connectivity index is 1.60. The fraction of sp³-hybridized carbons (Fsp3) is 0.385. The van der Waals surface area contributed by atoms with Crippen LogP contribution in [0.4, 0.5) is 0 Å². The lowest BCUT2D eigenvalue weighted by molar-refractivity contribution is -0.137. The zero-order valence-electron chi connectivity index (χ0n) is 20.3. The lowest BCUT2D eigenvalue weighted by Gasteiger charge is -2.25. The molecule has 2 amide bonds. The van der Waals surface area contributed by atoms with E-state index in [0.717, 1.165) is 11.1 Å². The Kier molecular flexibility index (Phi) is 9.49. The van der Waals surface area contributed by atoms with Gasteiger partial charge in [-0.2, -0.15) is 0 Å². The van der Waals surface area contributed by atoms with Crippen molar-refractivity contribution >= 4 is 33.8 Å². The molecule has 3 rings (SSSR count). The average molecular weight is 513 g/mol. The van der Waals surface area contributed by atoms with Crippen LogP contribution in [-0.4, -0.2) is 62.3 Å². The van der Waals surface area contributed by atoms with E-state index in [1.54, 1.807) is 55.5 Å². The summed E-state index contributed by atoms with van der Waals surface area (Å²) in [4.78, 5) is 38.8. The number of benzene rings is 2. The van der Waals surface area contributed by atoms with Crippen molar-refractivity contribution in [2.45, 2.75) is 50.4 Å². The van der Waals surface area contributed by atoms with E-state index >= 15 is 0 Å². The monoisotopic (exact) mass is 512 g/mol. The Hall–Kier alpha value is -3.37. The van der Waals surface area contributed by atoms with Crippen molar-refractivity contribution in [1.29, 1.82) is 5.41 Å². The molecule has 0 saturated carbocycles. The predicted octanol–water partition coefficient (Wildman–Crippen LogP) is 1.80. The summed E-state index contributed by atoms with van der Waals surface area (Å²) in [5, 5.41) is 10.4. The highest BCUT2D eigenvalue weighted by Gasteiger charge is 2.31. The first-order valence-electron chi connectivity index (χ1n) is 11.9. The fourth-order valence-electron chi connectivity index (χ4n) is 4.17. The molecule has 1 aliphatic heterocycles. The molecule has 0 bridgehead atoms. The van der Waals surface area contributed by atoms with Crippen LogP contribution in [0, 0.1) is 5.41 Å². The van der Waals surface area contributed by atoms with Crippen molar-refractivity contribution in [3.63, 3.8) is 0 Å². The van der Waals surface area contributed by atoms with E-state index in [1.807, 2.05) is 6.07 Å². The van der Waals surface area contributed by atoms with Gasteiger partial charge in [-0.15, -0.1) is 0 Å². The number of likely N-dealkylation sites (tertiary alicyclic amines) is 1. The summed E-state index contributed by atoms with van der Waals surface area (Å²) >= 11 is 0. The summed E-state index contributed by atoms with van der Waals surface area (Å²) in [6, 6.07) is 14.2. The Morgan fingerprint density at radius 3 is 2.56 bits per heavy atom. The minimum Gasteiger partial charge on any atom is -0.345 e. The van der Waals surface area contributed by atoms with Gasteiger partial charge in [0.05, 0.1) is 18.3 Å². The Bertz CT molecular complexity index is 1200. The number of nitrogens with one attached hydrogen (secondary N) is 3. The van der Waals surface area contributed by atoms with Crippen molar-refractivity contribution in [3.8, 4) is 0 Å². The molecule has 1 fully saturated rings. The Morgan fingerprint density at radius 1 is 1.14 bits per heavy atom. The number of sulfonamides is 1. The molecule has 2 unspecified atom stereocenters.